The van der Waals surface area contributed by atoms with Gasteiger partial charge in [0.05, 0.1) is 19.1 Å². The molecule has 0 aliphatic carbocycles. The topological polar surface area (TPSA) is 84.9 Å². The van der Waals surface area contributed by atoms with Crippen LogP contribution in [-0.4, -0.2) is 36.9 Å². The van der Waals surface area contributed by atoms with E-state index in [1.54, 1.807) is 0 Å². The number of alkyl carbamates (subject to hydrolysis) is 1. The summed E-state index contributed by atoms with van der Waals surface area (Å²) in [5.74, 6) is -1.01. The van der Waals surface area contributed by atoms with Crippen molar-refractivity contribution < 1.29 is 24.2 Å². The Bertz CT molecular complexity index is 408. The van der Waals surface area contributed by atoms with Gasteiger partial charge in [-0.25, -0.2) is 4.79 Å². The molecule has 0 heterocycles. The average molecular weight is 297 g/mol. The molecule has 0 saturated carbocycles. The number of carbonyl (C=O) groups is 2. The number of carbonyl (C=O) groups excluding carboxylic acids is 1. The second kappa shape index (κ2) is 11.7. The molecule has 0 fully saturated rings. The summed E-state index contributed by atoms with van der Waals surface area (Å²) < 4.78 is 9.82. The molecule has 0 spiro atoms. The van der Waals surface area contributed by atoms with Crippen molar-refractivity contribution in [3.05, 3.63) is 35.9 Å². The van der Waals surface area contributed by atoms with Gasteiger partial charge in [0.2, 0.25) is 0 Å². The molecule has 1 unspecified atom stereocenters. The smallest absolute Gasteiger partial charge is 0.407 e. The molecule has 118 valence electrons. The Hall–Kier alpha value is -2.08. The van der Waals surface area contributed by atoms with Gasteiger partial charge in [0.1, 0.15) is 6.61 Å². The Balaban J connectivity index is 0.00000191. The number of carboxylic acid groups (broad SMARTS) is 1. The molecule has 0 aliphatic rings. The number of nitrogens with one attached hydrogen (secondary N) is 1. The zero-order valence-corrected chi connectivity index (χ0v) is 12.7. The SMILES string of the molecule is CC.COCC(CC(=O)O)NC(=O)OCc1ccccc1. The van der Waals surface area contributed by atoms with Crippen LogP contribution in [0.1, 0.15) is 25.8 Å². The monoisotopic (exact) mass is 297 g/mol. The maximum atomic E-state index is 11.5. The van der Waals surface area contributed by atoms with Crippen molar-refractivity contribution in [1.29, 1.82) is 0 Å². The predicted octanol–water partition coefficient (Wildman–Crippen LogP) is 2.43. The van der Waals surface area contributed by atoms with Crippen LogP contribution in [0.2, 0.25) is 0 Å². The third kappa shape index (κ3) is 9.45. The van der Waals surface area contributed by atoms with Gasteiger partial charge in [0, 0.05) is 7.11 Å². The van der Waals surface area contributed by atoms with Crippen LogP contribution in [-0.2, 0) is 20.9 Å². The molecule has 21 heavy (non-hydrogen) atoms. The summed E-state index contributed by atoms with van der Waals surface area (Å²) in [6.07, 6.45) is -0.874. The zero-order valence-electron chi connectivity index (χ0n) is 12.7. The van der Waals surface area contributed by atoms with Crippen molar-refractivity contribution in [3.8, 4) is 0 Å². The highest BCUT2D eigenvalue weighted by Crippen LogP contribution is 2.01. The van der Waals surface area contributed by atoms with Crippen LogP contribution in [0, 0.1) is 0 Å². The van der Waals surface area contributed by atoms with Gasteiger partial charge in [-0.3, -0.25) is 4.79 Å². The van der Waals surface area contributed by atoms with Crippen LogP contribution in [0.25, 0.3) is 0 Å². The lowest BCUT2D eigenvalue weighted by molar-refractivity contribution is -0.137. The van der Waals surface area contributed by atoms with E-state index in [9.17, 15) is 9.59 Å². The molecule has 0 bridgehead atoms. The fraction of sp³-hybridized carbons (Fsp3) is 0.467. The fourth-order valence-corrected chi connectivity index (χ4v) is 1.50. The molecule has 1 amide bonds. The lowest BCUT2D eigenvalue weighted by atomic mass is 10.2. The standard InChI is InChI=1S/C13H17NO5.C2H6/c1-18-9-11(7-12(15)16)14-13(17)19-8-10-5-3-2-4-6-10;1-2/h2-6,11H,7-9H2,1H3,(H,14,17)(H,15,16);1-2H3. The molecule has 0 aliphatic heterocycles. The second-order valence-corrected chi connectivity index (χ2v) is 3.96. The maximum absolute atomic E-state index is 11.5. The molecular formula is C15H23NO5. The van der Waals surface area contributed by atoms with Crippen LogP contribution in [0.5, 0.6) is 0 Å². The normalized spacial score (nSPS) is 10.8. The number of rotatable bonds is 7. The van der Waals surface area contributed by atoms with E-state index in [2.05, 4.69) is 5.32 Å². The van der Waals surface area contributed by atoms with Crippen molar-refractivity contribution in [2.45, 2.75) is 32.9 Å². The summed E-state index contributed by atoms with van der Waals surface area (Å²) in [6, 6.07) is 8.61. The first-order valence-electron chi connectivity index (χ1n) is 6.79. The summed E-state index contributed by atoms with van der Waals surface area (Å²) in [5.41, 5.74) is 0.860. The first kappa shape index (κ1) is 18.9. The van der Waals surface area contributed by atoms with Crippen LogP contribution in [0.3, 0.4) is 0 Å². The minimum atomic E-state index is -1.01. The number of ether oxygens (including phenoxy) is 2. The number of hydrogen-bond acceptors (Lipinski definition) is 4. The quantitative estimate of drug-likeness (QED) is 0.807. The maximum Gasteiger partial charge on any atom is 0.407 e. The van der Waals surface area contributed by atoms with Gasteiger partial charge in [-0.05, 0) is 5.56 Å². The lowest BCUT2D eigenvalue weighted by Gasteiger charge is -2.15. The summed E-state index contributed by atoms with van der Waals surface area (Å²) in [5, 5.41) is 11.1. The van der Waals surface area contributed by atoms with E-state index in [-0.39, 0.29) is 19.6 Å². The third-order valence-corrected chi connectivity index (χ3v) is 2.32. The molecule has 1 aromatic carbocycles. The molecule has 1 rings (SSSR count). The van der Waals surface area contributed by atoms with Gasteiger partial charge < -0.3 is 19.9 Å². The molecule has 6 nitrogen and oxygen atoms in total. The molecule has 0 radical (unpaired) electrons. The lowest BCUT2D eigenvalue weighted by Crippen LogP contribution is -2.39. The van der Waals surface area contributed by atoms with E-state index in [0.29, 0.717) is 0 Å². The number of amides is 1. The number of methoxy groups -OCH3 is 1. The first-order valence-corrected chi connectivity index (χ1v) is 6.79. The van der Waals surface area contributed by atoms with Crippen LogP contribution in [0.15, 0.2) is 30.3 Å². The molecular weight excluding hydrogens is 274 g/mol. The van der Waals surface area contributed by atoms with Crippen molar-refractivity contribution in [2.24, 2.45) is 0 Å². The van der Waals surface area contributed by atoms with Gasteiger partial charge in [-0.1, -0.05) is 44.2 Å². The van der Waals surface area contributed by atoms with Crippen molar-refractivity contribution in [3.63, 3.8) is 0 Å². The van der Waals surface area contributed by atoms with E-state index in [4.69, 9.17) is 14.6 Å². The van der Waals surface area contributed by atoms with Gasteiger partial charge in [-0.15, -0.1) is 0 Å². The molecule has 0 saturated heterocycles. The summed E-state index contributed by atoms with van der Waals surface area (Å²) >= 11 is 0. The second-order valence-electron chi connectivity index (χ2n) is 3.96. The Morgan fingerprint density at radius 2 is 1.86 bits per heavy atom. The van der Waals surface area contributed by atoms with Gasteiger partial charge in [-0.2, -0.15) is 0 Å². The van der Waals surface area contributed by atoms with Gasteiger partial charge in [0.25, 0.3) is 0 Å². The number of benzene rings is 1. The van der Waals surface area contributed by atoms with Crippen LogP contribution in [0.4, 0.5) is 4.79 Å². The summed E-state index contributed by atoms with van der Waals surface area (Å²) in [7, 11) is 1.44. The van der Waals surface area contributed by atoms with Crippen molar-refractivity contribution >= 4 is 12.1 Å². The largest absolute Gasteiger partial charge is 0.481 e. The molecule has 6 heteroatoms. The third-order valence-electron chi connectivity index (χ3n) is 2.32. The van der Waals surface area contributed by atoms with E-state index in [1.807, 2.05) is 44.2 Å². The van der Waals surface area contributed by atoms with E-state index in [1.165, 1.54) is 7.11 Å². The predicted molar refractivity (Wildman–Crippen MR) is 79.0 cm³/mol. The summed E-state index contributed by atoms with van der Waals surface area (Å²) in [6.45, 7) is 4.26. The highest BCUT2D eigenvalue weighted by molar-refractivity contribution is 5.71. The Labute approximate surface area is 125 Å². The van der Waals surface area contributed by atoms with Gasteiger partial charge in [0.15, 0.2) is 0 Å². The minimum Gasteiger partial charge on any atom is -0.481 e. The first-order chi connectivity index (χ1) is 10.1. The highest BCUT2D eigenvalue weighted by atomic mass is 16.5. The minimum absolute atomic E-state index is 0.118. The fourth-order valence-electron chi connectivity index (χ4n) is 1.50. The van der Waals surface area contributed by atoms with Crippen LogP contribution < -0.4 is 5.32 Å². The van der Waals surface area contributed by atoms with Crippen molar-refractivity contribution in [2.75, 3.05) is 13.7 Å². The van der Waals surface area contributed by atoms with E-state index in [0.717, 1.165) is 5.56 Å². The Kier molecular flexibility index (Phi) is 10.6. The Morgan fingerprint density at radius 3 is 2.38 bits per heavy atom. The molecule has 1 atom stereocenters. The molecule has 0 aromatic heterocycles. The van der Waals surface area contributed by atoms with E-state index >= 15 is 0 Å². The van der Waals surface area contributed by atoms with Crippen LogP contribution >= 0.6 is 0 Å². The van der Waals surface area contributed by atoms with E-state index < -0.39 is 18.1 Å². The average Bonchev–Trinajstić information content (AvgIpc) is 2.48. The summed E-state index contributed by atoms with van der Waals surface area (Å²) in [4.78, 5) is 22.1. The molecule has 2 N–H and O–H groups in total. The zero-order chi connectivity index (χ0) is 16.1. The number of hydrogen-bond donors (Lipinski definition) is 2. The Morgan fingerprint density at radius 1 is 1.24 bits per heavy atom. The van der Waals surface area contributed by atoms with Gasteiger partial charge >= 0.3 is 12.1 Å². The van der Waals surface area contributed by atoms with Crippen molar-refractivity contribution in [1.82, 2.24) is 5.32 Å². The number of aliphatic carboxylic acids is 1. The molecule has 1 aromatic rings. The number of carboxylic acids is 1. The highest BCUT2D eigenvalue weighted by Gasteiger charge is 2.16.